The number of phenolic OH excluding ortho intramolecular Hbond substituents is 1. The number of ether oxygens (including phenoxy) is 1. The number of nitrogens with zero attached hydrogens (tertiary/aromatic N) is 1. The molecule has 0 aliphatic rings. The maximum absolute atomic E-state index is 9.50. The smallest absolute Gasteiger partial charge is 0.221 e. The summed E-state index contributed by atoms with van der Waals surface area (Å²) < 4.78 is 5.74. The largest absolute Gasteiger partial charge is 0.508 e. The molecule has 0 saturated carbocycles. The number of likely N-dealkylation sites (N-methyl/N-ethyl adjacent to an activating group) is 1. The summed E-state index contributed by atoms with van der Waals surface area (Å²) in [5, 5.41) is 14.4. The molecule has 4 nitrogen and oxygen atoms in total. The van der Waals surface area contributed by atoms with E-state index in [0.717, 1.165) is 17.3 Å². The molecule has 2 rings (SSSR count). The molecule has 0 aliphatic carbocycles. The van der Waals surface area contributed by atoms with Gasteiger partial charge in [0, 0.05) is 18.1 Å². The number of aromatic hydroxyl groups is 1. The molecule has 0 spiro atoms. The summed E-state index contributed by atoms with van der Waals surface area (Å²) in [5.74, 6) is 0.776. The predicted molar refractivity (Wildman–Crippen MR) is 67.4 cm³/mol. The van der Waals surface area contributed by atoms with Gasteiger partial charge in [-0.25, -0.2) is 4.98 Å². The van der Waals surface area contributed by atoms with E-state index in [1.807, 2.05) is 26.1 Å². The number of fused-ring (bicyclic) bond motifs is 1. The van der Waals surface area contributed by atoms with Crippen molar-refractivity contribution in [3.63, 3.8) is 0 Å². The average molecular weight is 232 g/mol. The molecule has 90 valence electrons. The molecule has 0 fully saturated rings. The Morgan fingerprint density at radius 1 is 1.41 bits per heavy atom. The highest BCUT2D eigenvalue weighted by atomic mass is 16.5. The zero-order valence-electron chi connectivity index (χ0n) is 9.97. The molecule has 1 unspecified atom stereocenters. The molecular weight excluding hydrogens is 216 g/mol. The van der Waals surface area contributed by atoms with Gasteiger partial charge in [-0.2, -0.15) is 0 Å². The van der Waals surface area contributed by atoms with Crippen LogP contribution in [-0.4, -0.2) is 29.8 Å². The maximum Gasteiger partial charge on any atom is 0.221 e. The van der Waals surface area contributed by atoms with Gasteiger partial charge in [-0.3, -0.25) is 0 Å². The van der Waals surface area contributed by atoms with Crippen molar-refractivity contribution in [3.05, 3.63) is 30.5 Å². The van der Waals surface area contributed by atoms with E-state index in [-0.39, 0.29) is 11.9 Å². The summed E-state index contributed by atoms with van der Waals surface area (Å²) in [4.78, 5) is 4.21. The van der Waals surface area contributed by atoms with Crippen molar-refractivity contribution >= 4 is 10.8 Å². The first-order valence-electron chi connectivity index (χ1n) is 5.59. The molecule has 1 heterocycles. The molecule has 2 aromatic rings. The lowest BCUT2D eigenvalue weighted by molar-refractivity contribution is 0.215. The number of nitrogens with one attached hydrogen (secondary N) is 1. The van der Waals surface area contributed by atoms with Gasteiger partial charge in [0.2, 0.25) is 5.88 Å². The summed E-state index contributed by atoms with van der Waals surface area (Å²) in [6.07, 6.45) is 1.74. The van der Waals surface area contributed by atoms with Crippen molar-refractivity contribution in [2.75, 3.05) is 13.6 Å². The highest BCUT2D eigenvalue weighted by Crippen LogP contribution is 2.27. The summed E-state index contributed by atoms with van der Waals surface area (Å²) in [6.45, 7) is 2.72. The van der Waals surface area contributed by atoms with Gasteiger partial charge in [0.25, 0.3) is 0 Å². The Kier molecular flexibility index (Phi) is 3.44. The highest BCUT2D eigenvalue weighted by Gasteiger charge is 2.08. The highest BCUT2D eigenvalue weighted by molar-refractivity contribution is 5.87. The lowest BCUT2D eigenvalue weighted by atomic mass is 10.1. The fourth-order valence-electron chi connectivity index (χ4n) is 1.74. The zero-order valence-corrected chi connectivity index (χ0v) is 9.97. The van der Waals surface area contributed by atoms with Gasteiger partial charge >= 0.3 is 0 Å². The van der Waals surface area contributed by atoms with E-state index >= 15 is 0 Å². The molecule has 0 aliphatic heterocycles. The summed E-state index contributed by atoms with van der Waals surface area (Å²) in [7, 11) is 1.88. The molecule has 17 heavy (non-hydrogen) atoms. The maximum atomic E-state index is 9.50. The van der Waals surface area contributed by atoms with E-state index in [4.69, 9.17) is 4.74 Å². The second-order valence-electron chi connectivity index (χ2n) is 4.01. The topological polar surface area (TPSA) is 54.4 Å². The van der Waals surface area contributed by atoms with Crippen LogP contribution in [-0.2, 0) is 0 Å². The lowest BCUT2D eigenvalue weighted by Gasteiger charge is -2.14. The van der Waals surface area contributed by atoms with Crippen LogP contribution in [0.2, 0.25) is 0 Å². The first-order chi connectivity index (χ1) is 8.20. The van der Waals surface area contributed by atoms with Crippen molar-refractivity contribution < 1.29 is 9.84 Å². The van der Waals surface area contributed by atoms with Gasteiger partial charge in [0.15, 0.2) is 0 Å². The van der Waals surface area contributed by atoms with Crippen molar-refractivity contribution in [2.45, 2.75) is 13.0 Å². The van der Waals surface area contributed by atoms with Gasteiger partial charge in [0.05, 0.1) is 0 Å². The van der Waals surface area contributed by atoms with Crippen LogP contribution in [0.4, 0.5) is 0 Å². The third-order valence-corrected chi connectivity index (χ3v) is 2.52. The van der Waals surface area contributed by atoms with Gasteiger partial charge in [-0.1, -0.05) is 6.07 Å². The Balaban J connectivity index is 2.36. The summed E-state index contributed by atoms with van der Waals surface area (Å²) in [6, 6.07) is 7.07. The fraction of sp³-hybridized carbons (Fsp3) is 0.308. The van der Waals surface area contributed by atoms with E-state index in [1.54, 1.807) is 18.3 Å². The molecule has 4 heteroatoms. The van der Waals surface area contributed by atoms with Crippen molar-refractivity contribution in [2.24, 2.45) is 0 Å². The van der Waals surface area contributed by atoms with Crippen LogP contribution in [0.3, 0.4) is 0 Å². The normalized spacial score (nSPS) is 12.6. The van der Waals surface area contributed by atoms with Crippen LogP contribution in [0.25, 0.3) is 10.8 Å². The van der Waals surface area contributed by atoms with Crippen LogP contribution in [0.1, 0.15) is 6.92 Å². The summed E-state index contributed by atoms with van der Waals surface area (Å²) >= 11 is 0. The molecule has 0 saturated heterocycles. The van der Waals surface area contributed by atoms with E-state index in [0.29, 0.717) is 5.88 Å². The quantitative estimate of drug-likeness (QED) is 0.845. The van der Waals surface area contributed by atoms with Crippen LogP contribution < -0.4 is 10.1 Å². The second kappa shape index (κ2) is 5.01. The molecule has 1 atom stereocenters. The van der Waals surface area contributed by atoms with Crippen LogP contribution in [0.5, 0.6) is 11.6 Å². The van der Waals surface area contributed by atoms with E-state index in [1.165, 1.54) is 0 Å². The minimum atomic E-state index is 0.0282. The van der Waals surface area contributed by atoms with Crippen LogP contribution in [0.15, 0.2) is 30.5 Å². The Morgan fingerprint density at radius 2 is 2.24 bits per heavy atom. The van der Waals surface area contributed by atoms with Crippen LogP contribution >= 0.6 is 0 Å². The SMILES string of the molecule is CNCC(C)Oc1nccc2ccc(O)cc12. The van der Waals surface area contributed by atoms with Gasteiger partial charge in [-0.05, 0) is 37.6 Å². The Labute approximate surface area is 100 Å². The van der Waals surface area contributed by atoms with Crippen LogP contribution in [0, 0.1) is 0 Å². The zero-order chi connectivity index (χ0) is 12.3. The first-order valence-corrected chi connectivity index (χ1v) is 5.59. The molecule has 0 amide bonds. The third kappa shape index (κ3) is 2.65. The molecular formula is C13H16N2O2. The standard InChI is InChI=1S/C13H16N2O2/c1-9(8-14-2)17-13-12-7-11(16)4-3-10(12)5-6-15-13/h3-7,9,14,16H,8H2,1-2H3. The third-order valence-electron chi connectivity index (χ3n) is 2.52. The number of rotatable bonds is 4. The Bertz CT molecular complexity index is 514. The Morgan fingerprint density at radius 3 is 3.00 bits per heavy atom. The second-order valence-corrected chi connectivity index (χ2v) is 4.01. The fourth-order valence-corrected chi connectivity index (χ4v) is 1.74. The number of aromatic nitrogens is 1. The average Bonchev–Trinajstić information content (AvgIpc) is 2.30. The van der Waals surface area contributed by atoms with Gasteiger partial charge in [-0.15, -0.1) is 0 Å². The van der Waals surface area contributed by atoms with Gasteiger partial charge < -0.3 is 15.2 Å². The number of benzene rings is 1. The van der Waals surface area contributed by atoms with Gasteiger partial charge in [0.1, 0.15) is 11.9 Å². The molecule has 1 aromatic heterocycles. The number of hydrogen-bond donors (Lipinski definition) is 2. The van der Waals surface area contributed by atoms with E-state index in [9.17, 15) is 5.11 Å². The van der Waals surface area contributed by atoms with Crippen molar-refractivity contribution in [1.29, 1.82) is 0 Å². The molecule has 0 radical (unpaired) electrons. The monoisotopic (exact) mass is 232 g/mol. The predicted octanol–water partition coefficient (Wildman–Crippen LogP) is 1.93. The minimum Gasteiger partial charge on any atom is -0.508 e. The Hall–Kier alpha value is -1.81. The molecule has 1 aromatic carbocycles. The minimum absolute atomic E-state index is 0.0282. The number of phenols is 1. The summed E-state index contributed by atoms with van der Waals surface area (Å²) in [5.41, 5.74) is 0. The number of hydrogen-bond acceptors (Lipinski definition) is 4. The van der Waals surface area contributed by atoms with E-state index in [2.05, 4.69) is 10.3 Å². The molecule has 2 N–H and O–H groups in total. The molecule has 0 bridgehead atoms. The first kappa shape index (κ1) is 11.7. The van der Waals surface area contributed by atoms with Crippen molar-refractivity contribution in [1.82, 2.24) is 10.3 Å². The van der Waals surface area contributed by atoms with Crippen molar-refractivity contribution in [3.8, 4) is 11.6 Å². The van der Waals surface area contributed by atoms with E-state index < -0.39 is 0 Å². The lowest BCUT2D eigenvalue weighted by Crippen LogP contribution is -2.26. The number of pyridine rings is 1.